The van der Waals surface area contributed by atoms with Gasteiger partial charge in [-0.2, -0.15) is 4.98 Å². The zero-order chi connectivity index (χ0) is 13.8. The summed E-state index contributed by atoms with van der Waals surface area (Å²) in [5, 5.41) is 13.3. The number of rotatable bonds is 5. The monoisotopic (exact) mass is 318 g/mol. The van der Waals surface area contributed by atoms with Crippen LogP contribution in [-0.2, 0) is 10.5 Å². The lowest BCUT2D eigenvalue weighted by Crippen LogP contribution is -1.98. The number of aromatic nitrogens is 2. The summed E-state index contributed by atoms with van der Waals surface area (Å²) in [6.07, 6.45) is 0. The predicted molar refractivity (Wildman–Crippen MR) is 73.6 cm³/mol. The van der Waals surface area contributed by atoms with Crippen LogP contribution in [0.15, 0.2) is 22.7 Å². The summed E-state index contributed by atoms with van der Waals surface area (Å²) in [5.74, 6) is 0.174. The molecule has 0 spiro atoms. The largest absolute Gasteiger partial charge is 0.481 e. The van der Waals surface area contributed by atoms with Crippen LogP contribution in [0.25, 0.3) is 11.4 Å². The fourth-order valence-corrected chi connectivity index (χ4v) is 2.43. The van der Waals surface area contributed by atoms with Crippen molar-refractivity contribution in [3.63, 3.8) is 0 Å². The van der Waals surface area contributed by atoms with Crippen LogP contribution in [0.3, 0.4) is 0 Å². The third-order valence-electron chi connectivity index (χ3n) is 2.04. The van der Waals surface area contributed by atoms with Crippen LogP contribution in [0.1, 0.15) is 5.89 Å². The lowest BCUT2D eigenvalue weighted by molar-refractivity contribution is -0.133. The second-order valence-electron chi connectivity index (χ2n) is 3.56. The Balaban J connectivity index is 2.09. The number of nitrogens with zero attached hydrogens (tertiary/aromatic N) is 2. The van der Waals surface area contributed by atoms with Gasteiger partial charge < -0.3 is 9.63 Å². The number of aliphatic carboxylic acids is 1. The van der Waals surface area contributed by atoms with Gasteiger partial charge in [-0.25, -0.2) is 0 Å². The molecule has 8 heteroatoms. The van der Waals surface area contributed by atoms with E-state index in [1.807, 2.05) is 0 Å². The van der Waals surface area contributed by atoms with Gasteiger partial charge >= 0.3 is 5.97 Å². The molecule has 0 unspecified atom stereocenters. The van der Waals surface area contributed by atoms with E-state index in [-0.39, 0.29) is 5.75 Å². The van der Waals surface area contributed by atoms with Gasteiger partial charge in [0.1, 0.15) is 0 Å². The molecule has 0 radical (unpaired) electrons. The van der Waals surface area contributed by atoms with Crippen LogP contribution in [0.4, 0.5) is 0 Å². The third-order valence-corrected chi connectivity index (χ3v) is 3.38. The zero-order valence-corrected chi connectivity index (χ0v) is 11.8. The molecule has 2 rings (SSSR count). The van der Waals surface area contributed by atoms with Crippen molar-refractivity contribution in [3.8, 4) is 11.4 Å². The van der Waals surface area contributed by atoms with Gasteiger partial charge in [0.05, 0.1) is 11.5 Å². The first kappa shape index (κ1) is 14.2. The van der Waals surface area contributed by atoms with Gasteiger partial charge in [-0.1, -0.05) is 28.4 Å². The van der Waals surface area contributed by atoms with Gasteiger partial charge in [0, 0.05) is 15.6 Å². The molecular weight excluding hydrogens is 311 g/mol. The van der Waals surface area contributed by atoms with Crippen LogP contribution in [0.2, 0.25) is 10.0 Å². The minimum absolute atomic E-state index is 0.0132. The van der Waals surface area contributed by atoms with Crippen molar-refractivity contribution in [2.45, 2.75) is 5.75 Å². The van der Waals surface area contributed by atoms with E-state index >= 15 is 0 Å². The molecule has 2 aromatic rings. The van der Waals surface area contributed by atoms with Gasteiger partial charge in [0.2, 0.25) is 11.7 Å². The molecule has 0 aliphatic heterocycles. The van der Waals surface area contributed by atoms with Gasteiger partial charge in [0.25, 0.3) is 0 Å². The number of hydrogen-bond donors (Lipinski definition) is 1. The summed E-state index contributed by atoms with van der Waals surface area (Å²) in [7, 11) is 0. The average Bonchev–Trinajstić information content (AvgIpc) is 2.76. The smallest absolute Gasteiger partial charge is 0.313 e. The fourth-order valence-electron chi connectivity index (χ4n) is 1.34. The van der Waals surface area contributed by atoms with E-state index in [1.54, 1.807) is 18.2 Å². The Bertz CT molecular complexity index is 583. The minimum Gasteiger partial charge on any atom is -0.481 e. The van der Waals surface area contributed by atoms with Gasteiger partial charge in [0.15, 0.2) is 0 Å². The predicted octanol–water partition coefficient (Wildman–Crippen LogP) is 3.36. The minimum atomic E-state index is -0.883. The molecule has 0 saturated carbocycles. The summed E-state index contributed by atoms with van der Waals surface area (Å²) in [5.41, 5.74) is 0.649. The maximum absolute atomic E-state index is 10.4. The normalized spacial score (nSPS) is 10.6. The highest BCUT2D eigenvalue weighted by Gasteiger charge is 2.10. The van der Waals surface area contributed by atoms with E-state index in [0.29, 0.717) is 33.1 Å². The number of hydrogen-bond acceptors (Lipinski definition) is 5. The number of carboxylic acid groups (broad SMARTS) is 1. The zero-order valence-electron chi connectivity index (χ0n) is 9.47. The van der Waals surface area contributed by atoms with Gasteiger partial charge in [-0.05, 0) is 18.2 Å². The van der Waals surface area contributed by atoms with Crippen LogP contribution < -0.4 is 0 Å². The highest BCUT2D eigenvalue weighted by Crippen LogP contribution is 2.25. The molecule has 19 heavy (non-hydrogen) atoms. The molecule has 0 atom stereocenters. The number of carbonyl (C=O) groups is 1. The Morgan fingerprint density at radius 2 is 2.00 bits per heavy atom. The molecule has 1 N–H and O–H groups in total. The molecule has 0 bridgehead atoms. The van der Waals surface area contributed by atoms with E-state index in [0.717, 1.165) is 0 Å². The first-order valence-corrected chi connectivity index (χ1v) is 7.04. The Kier molecular flexibility index (Phi) is 4.68. The van der Waals surface area contributed by atoms with Crippen LogP contribution in [0.5, 0.6) is 0 Å². The summed E-state index contributed by atoms with van der Waals surface area (Å²) in [4.78, 5) is 14.5. The first-order chi connectivity index (χ1) is 9.04. The van der Waals surface area contributed by atoms with Crippen LogP contribution >= 0.6 is 35.0 Å². The Hall–Kier alpha value is -1.24. The van der Waals surface area contributed by atoms with E-state index in [2.05, 4.69) is 10.1 Å². The second kappa shape index (κ2) is 6.27. The Morgan fingerprint density at radius 1 is 1.32 bits per heavy atom. The molecule has 1 aromatic carbocycles. The van der Waals surface area contributed by atoms with Crippen molar-refractivity contribution in [1.29, 1.82) is 0 Å². The summed E-state index contributed by atoms with van der Waals surface area (Å²) in [6.45, 7) is 0. The SMILES string of the molecule is O=C(O)CSCc1nc(-c2cc(Cl)cc(Cl)c2)no1. The maximum atomic E-state index is 10.4. The molecule has 0 aliphatic rings. The van der Waals surface area contributed by atoms with E-state index < -0.39 is 5.97 Å². The van der Waals surface area contributed by atoms with Gasteiger partial charge in [-0.15, -0.1) is 11.8 Å². The maximum Gasteiger partial charge on any atom is 0.313 e. The van der Waals surface area contributed by atoms with Crippen molar-refractivity contribution < 1.29 is 14.4 Å². The highest BCUT2D eigenvalue weighted by atomic mass is 35.5. The van der Waals surface area contributed by atoms with Crippen LogP contribution in [0, 0.1) is 0 Å². The molecule has 0 saturated heterocycles. The lowest BCUT2D eigenvalue weighted by Gasteiger charge is -1.97. The van der Waals surface area contributed by atoms with Crippen molar-refractivity contribution in [2.24, 2.45) is 0 Å². The molecule has 5 nitrogen and oxygen atoms in total. The number of halogens is 2. The number of carboxylic acids is 1. The lowest BCUT2D eigenvalue weighted by atomic mass is 10.2. The van der Waals surface area contributed by atoms with E-state index in [9.17, 15) is 4.79 Å². The molecule has 0 fully saturated rings. The fraction of sp³-hybridized carbons (Fsp3) is 0.182. The third kappa shape index (κ3) is 4.12. The molecule has 0 aliphatic carbocycles. The highest BCUT2D eigenvalue weighted by molar-refractivity contribution is 7.99. The second-order valence-corrected chi connectivity index (χ2v) is 5.41. The Morgan fingerprint density at radius 3 is 2.63 bits per heavy atom. The average molecular weight is 319 g/mol. The molecule has 100 valence electrons. The molecule has 1 aromatic heterocycles. The quantitative estimate of drug-likeness (QED) is 0.910. The van der Waals surface area contributed by atoms with Crippen molar-refractivity contribution in [2.75, 3.05) is 5.75 Å². The summed E-state index contributed by atoms with van der Waals surface area (Å²) >= 11 is 13.0. The summed E-state index contributed by atoms with van der Waals surface area (Å²) in [6, 6.07) is 4.95. The van der Waals surface area contributed by atoms with E-state index in [1.165, 1.54) is 11.8 Å². The first-order valence-electron chi connectivity index (χ1n) is 5.13. The molecular formula is C11H8Cl2N2O3S. The standard InChI is InChI=1S/C11H8Cl2N2O3S/c12-7-1-6(2-8(13)3-7)11-14-9(18-15-11)4-19-5-10(16)17/h1-3H,4-5H2,(H,16,17). The van der Waals surface area contributed by atoms with Crippen LogP contribution in [-0.4, -0.2) is 27.0 Å². The van der Waals surface area contributed by atoms with Crippen molar-refractivity contribution >= 4 is 40.9 Å². The molecule has 1 heterocycles. The summed E-state index contributed by atoms with van der Waals surface area (Å²) < 4.78 is 5.02. The molecule has 0 amide bonds. The van der Waals surface area contributed by atoms with Crippen molar-refractivity contribution in [3.05, 3.63) is 34.1 Å². The van der Waals surface area contributed by atoms with Crippen molar-refractivity contribution in [1.82, 2.24) is 10.1 Å². The number of thioether (sulfide) groups is 1. The van der Waals surface area contributed by atoms with E-state index in [4.69, 9.17) is 32.8 Å². The number of benzene rings is 1. The van der Waals surface area contributed by atoms with Gasteiger partial charge in [-0.3, -0.25) is 4.79 Å². The topological polar surface area (TPSA) is 76.2 Å². The Labute approximate surface area is 122 Å².